The SMILES string of the molecule is CC(C)C.CCOC(=O)Cc1cc(OCC(C)C)c2occc2c1.CCOC(=O)Cc1cc(Oc2cc(C)cc(C)c2)c2occc2c1.CCOC(=O)Cc1cc2c(c(Oc3cc(Cl)cc(Cl)c3)c1)OCC2. The lowest BCUT2D eigenvalue weighted by Crippen LogP contribution is -2.08. The van der Waals surface area contributed by atoms with E-state index in [-0.39, 0.29) is 37.2 Å². The highest BCUT2D eigenvalue weighted by Gasteiger charge is 2.21. The second-order valence-electron chi connectivity index (χ2n) is 18.1. The molecule has 0 spiro atoms. The lowest BCUT2D eigenvalue weighted by molar-refractivity contribution is -0.143. The van der Waals surface area contributed by atoms with Crippen molar-refractivity contribution < 1.29 is 56.4 Å². The van der Waals surface area contributed by atoms with Gasteiger partial charge in [-0.2, -0.15) is 0 Å². The highest BCUT2D eigenvalue weighted by atomic mass is 35.5. The lowest BCUT2D eigenvalue weighted by Gasteiger charge is -2.13. The minimum Gasteiger partial charge on any atom is -0.489 e. The number of benzene rings is 5. The van der Waals surface area contributed by atoms with Crippen LogP contribution in [-0.4, -0.2) is 50.9 Å². The number of esters is 3. The Morgan fingerprint density at radius 1 is 0.569 bits per heavy atom. The summed E-state index contributed by atoms with van der Waals surface area (Å²) in [6, 6.07) is 26.0. The van der Waals surface area contributed by atoms with E-state index in [1.54, 1.807) is 57.6 Å². The van der Waals surface area contributed by atoms with Crippen molar-refractivity contribution in [2.24, 2.45) is 11.8 Å². The average Bonchev–Trinajstić information content (AvgIpc) is 4.08. The van der Waals surface area contributed by atoms with E-state index in [1.165, 1.54) is 0 Å². The Morgan fingerprint density at radius 2 is 1.01 bits per heavy atom. The van der Waals surface area contributed by atoms with Crippen molar-refractivity contribution in [2.75, 3.05) is 33.0 Å². The third-order valence-electron chi connectivity index (χ3n) is 9.98. The van der Waals surface area contributed by atoms with Crippen molar-refractivity contribution in [1.82, 2.24) is 0 Å². The first-order valence-corrected chi connectivity index (χ1v) is 25.0. The molecular weight excluding hydrogens is 960 g/mol. The van der Waals surface area contributed by atoms with E-state index in [9.17, 15) is 14.4 Å². The van der Waals surface area contributed by atoms with Crippen molar-refractivity contribution in [3.05, 3.63) is 141 Å². The van der Waals surface area contributed by atoms with E-state index in [0.717, 1.165) is 67.8 Å². The normalized spacial score (nSPS) is 11.3. The molecule has 0 saturated carbocycles. The predicted octanol–water partition coefficient (Wildman–Crippen LogP) is 15.0. The van der Waals surface area contributed by atoms with E-state index in [4.69, 9.17) is 65.2 Å². The van der Waals surface area contributed by atoms with Gasteiger partial charge in [-0.1, -0.05) is 70.0 Å². The van der Waals surface area contributed by atoms with Crippen LogP contribution in [0, 0.1) is 25.7 Å². The first-order valence-electron chi connectivity index (χ1n) is 24.2. The molecule has 0 aliphatic carbocycles. The molecule has 14 heteroatoms. The Morgan fingerprint density at radius 3 is 1.51 bits per heavy atom. The molecule has 0 fully saturated rings. The second-order valence-corrected chi connectivity index (χ2v) is 18.9. The summed E-state index contributed by atoms with van der Waals surface area (Å²) in [4.78, 5) is 35.1. The highest BCUT2D eigenvalue weighted by molar-refractivity contribution is 6.34. The van der Waals surface area contributed by atoms with E-state index in [2.05, 4.69) is 40.7 Å². The minimum absolute atomic E-state index is 0.188. The van der Waals surface area contributed by atoms with Crippen LogP contribution in [0.5, 0.6) is 34.5 Å². The standard InChI is InChI=1S/C20H20O4.C18H16Cl2O4.C16H20O4.C4H10/c1-4-22-19(21)12-15-10-16-5-6-23-20(16)18(11-15)24-17-8-13(2)7-14(3)9-17;1-2-22-17(21)7-11-5-12-3-4-23-18(12)16(6-11)24-15-9-13(19)8-14(20)10-15;1-4-18-15(17)9-12-7-13-5-6-19-16(13)14(8-12)20-10-11(2)3;1-4(2)3/h5-11H,4,12H2,1-3H3;5-6,8-10H,2-4,7H2,1H3;5-8,11H,4,9-10H2,1-3H3;4H,1-3H3. The van der Waals surface area contributed by atoms with Crippen LogP contribution in [-0.2, 0) is 54.3 Å². The van der Waals surface area contributed by atoms with Gasteiger partial charge in [0.25, 0.3) is 0 Å². The second kappa shape index (κ2) is 27.8. The van der Waals surface area contributed by atoms with Crippen LogP contribution in [0.15, 0.2) is 106 Å². The number of carbonyl (C=O) groups excluding carboxylic acids is 3. The van der Waals surface area contributed by atoms with Gasteiger partial charge in [-0.05, 0) is 147 Å². The fourth-order valence-corrected chi connectivity index (χ4v) is 7.85. The van der Waals surface area contributed by atoms with Gasteiger partial charge in [0.05, 0.1) is 64.8 Å². The Bertz CT molecular complexity index is 2850. The van der Waals surface area contributed by atoms with Crippen molar-refractivity contribution in [3.63, 3.8) is 0 Å². The number of aryl methyl sites for hydroxylation is 2. The summed E-state index contributed by atoms with van der Waals surface area (Å²) in [6.45, 7) is 22.4. The van der Waals surface area contributed by atoms with E-state index in [0.29, 0.717) is 83.3 Å². The zero-order valence-electron chi connectivity index (χ0n) is 42.9. The quantitative estimate of drug-likeness (QED) is 0.0671. The Balaban J connectivity index is 0.000000194. The molecular formula is C58H66Cl2O12. The largest absolute Gasteiger partial charge is 0.489 e. The highest BCUT2D eigenvalue weighted by Crippen LogP contribution is 2.41. The number of hydrogen-bond donors (Lipinski definition) is 0. The van der Waals surface area contributed by atoms with Gasteiger partial charge in [0.15, 0.2) is 34.2 Å². The Hall–Kier alpha value is -6.63. The van der Waals surface area contributed by atoms with Gasteiger partial charge in [-0.15, -0.1) is 0 Å². The van der Waals surface area contributed by atoms with Crippen LogP contribution in [0.4, 0.5) is 0 Å². The maximum Gasteiger partial charge on any atom is 0.310 e. The summed E-state index contributed by atoms with van der Waals surface area (Å²) in [5.41, 5.74) is 7.19. The smallest absolute Gasteiger partial charge is 0.310 e. The molecule has 3 heterocycles. The first kappa shape index (κ1) is 56.3. The molecule has 0 N–H and O–H groups in total. The van der Waals surface area contributed by atoms with Gasteiger partial charge >= 0.3 is 17.9 Å². The van der Waals surface area contributed by atoms with Crippen molar-refractivity contribution in [1.29, 1.82) is 0 Å². The number of halogens is 2. The molecule has 12 nitrogen and oxygen atoms in total. The van der Waals surface area contributed by atoms with Gasteiger partial charge in [-0.3, -0.25) is 14.4 Å². The molecule has 7 aromatic rings. The monoisotopic (exact) mass is 1020 g/mol. The molecule has 0 bridgehead atoms. The molecule has 0 saturated heterocycles. The molecule has 0 atom stereocenters. The van der Waals surface area contributed by atoms with Gasteiger partial charge in [0.2, 0.25) is 0 Å². The number of hydrogen-bond acceptors (Lipinski definition) is 12. The Kier molecular flexibility index (Phi) is 21.8. The number of ether oxygens (including phenoxy) is 7. The van der Waals surface area contributed by atoms with Crippen LogP contribution >= 0.6 is 23.2 Å². The average molecular weight is 1030 g/mol. The zero-order valence-corrected chi connectivity index (χ0v) is 44.4. The summed E-state index contributed by atoms with van der Waals surface area (Å²) in [7, 11) is 0. The van der Waals surface area contributed by atoms with Crippen LogP contribution in [0.3, 0.4) is 0 Å². The molecule has 0 unspecified atom stereocenters. The topological polar surface area (TPSA) is 142 Å². The summed E-state index contributed by atoms with van der Waals surface area (Å²) < 4.78 is 49.4. The Labute approximate surface area is 432 Å². The summed E-state index contributed by atoms with van der Waals surface area (Å²) in [5.74, 6) is 4.28. The van der Waals surface area contributed by atoms with Crippen LogP contribution in [0.1, 0.15) is 88.8 Å². The summed E-state index contributed by atoms with van der Waals surface area (Å²) in [5, 5.41) is 2.80. The molecule has 8 rings (SSSR count). The predicted molar refractivity (Wildman–Crippen MR) is 282 cm³/mol. The molecule has 2 aromatic heterocycles. The summed E-state index contributed by atoms with van der Waals surface area (Å²) in [6.07, 6.45) is 4.66. The maximum absolute atomic E-state index is 11.8. The van der Waals surface area contributed by atoms with Gasteiger partial charge < -0.3 is 42.0 Å². The molecule has 5 aromatic carbocycles. The first-order chi connectivity index (χ1) is 34.4. The van der Waals surface area contributed by atoms with Crippen molar-refractivity contribution >= 4 is 63.0 Å². The van der Waals surface area contributed by atoms with E-state index >= 15 is 0 Å². The molecule has 1 aliphatic rings. The molecule has 72 heavy (non-hydrogen) atoms. The molecule has 384 valence electrons. The van der Waals surface area contributed by atoms with E-state index in [1.807, 2.05) is 68.4 Å². The van der Waals surface area contributed by atoms with Crippen LogP contribution < -0.4 is 18.9 Å². The van der Waals surface area contributed by atoms with Crippen LogP contribution in [0.25, 0.3) is 21.9 Å². The van der Waals surface area contributed by atoms with E-state index < -0.39 is 0 Å². The van der Waals surface area contributed by atoms with Crippen molar-refractivity contribution in [3.8, 4) is 34.5 Å². The number of carbonyl (C=O) groups is 3. The van der Waals surface area contributed by atoms with Crippen molar-refractivity contribution in [2.45, 2.75) is 94.9 Å². The maximum atomic E-state index is 11.8. The van der Waals surface area contributed by atoms with Gasteiger partial charge in [0.1, 0.15) is 11.5 Å². The number of fused-ring (bicyclic) bond motifs is 3. The zero-order chi connectivity index (χ0) is 52.3. The summed E-state index contributed by atoms with van der Waals surface area (Å²) >= 11 is 12.0. The fourth-order valence-electron chi connectivity index (χ4n) is 7.34. The number of rotatable bonds is 16. The minimum atomic E-state index is -0.270. The van der Waals surface area contributed by atoms with Gasteiger partial charge in [-0.25, -0.2) is 0 Å². The molecule has 0 amide bonds. The third kappa shape index (κ3) is 17.9. The molecule has 0 radical (unpaired) electrons. The lowest BCUT2D eigenvalue weighted by atomic mass is 10.1. The molecule has 1 aliphatic heterocycles. The van der Waals surface area contributed by atoms with Gasteiger partial charge in [0, 0.05) is 32.8 Å². The van der Waals surface area contributed by atoms with Crippen LogP contribution in [0.2, 0.25) is 10.0 Å². The number of furan rings is 2. The third-order valence-corrected chi connectivity index (χ3v) is 10.4. The fraction of sp³-hybridized carbons (Fsp3) is 0.362.